The second-order valence-electron chi connectivity index (χ2n) is 5.96. The second-order valence-corrected chi connectivity index (χ2v) is 7.27. The smallest absolute Gasteiger partial charge is 0.263 e. The second kappa shape index (κ2) is 8.25. The molecule has 0 radical (unpaired) electrons. The van der Waals surface area contributed by atoms with Crippen molar-refractivity contribution in [2.75, 3.05) is 18.8 Å². The lowest BCUT2D eigenvalue weighted by molar-refractivity contribution is -0.137. The van der Waals surface area contributed by atoms with Crippen LogP contribution in [0.15, 0.2) is 60.7 Å². The zero-order valence-electron chi connectivity index (χ0n) is 13.9. The van der Waals surface area contributed by atoms with Crippen molar-refractivity contribution in [1.82, 2.24) is 4.90 Å². The summed E-state index contributed by atoms with van der Waals surface area (Å²) in [7, 11) is 0. The van der Waals surface area contributed by atoms with E-state index in [1.54, 1.807) is 0 Å². The largest absolute Gasteiger partial charge is 0.481 e. The maximum absolute atomic E-state index is 12.7. The highest BCUT2D eigenvalue weighted by molar-refractivity contribution is 7.99. The Hall–Kier alpha value is -1.94. The minimum absolute atomic E-state index is 0.0770. The Morgan fingerprint density at radius 1 is 1.08 bits per heavy atom. The van der Waals surface area contributed by atoms with Gasteiger partial charge >= 0.3 is 0 Å². The third kappa shape index (κ3) is 4.32. The molecule has 1 amide bonds. The fraction of sp³-hybridized carbons (Fsp3) is 0.350. The monoisotopic (exact) mass is 341 g/mol. The van der Waals surface area contributed by atoms with Crippen LogP contribution in [0.5, 0.6) is 5.75 Å². The van der Waals surface area contributed by atoms with Gasteiger partial charge in [-0.3, -0.25) is 4.79 Å². The van der Waals surface area contributed by atoms with Crippen molar-refractivity contribution < 1.29 is 9.53 Å². The molecule has 0 bridgehead atoms. The van der Waals surface area contributed by atoms with Gasteiger partial charge in [0, 0.05) is 24.1 Å². The van der Waals surface area contributed by atoms with E-state index in [4.69, 9.17) is 4.74 Å². The molecule has 0 aliphatic carbocycles. The Morgan fingerprint density at radius 3 is 2.46 bits per heavy atom. The van der Waals surface area contributed by atoms with Crippen molar-refractivity contribution in [3.63, 3.8) is 0 Å². The van der Waals surface area contributed by atoms with Crippen LogP contribution in [-0.2, 0) is 4.79 Å². The summed E-state index contributed by atoms with van der Waals surface area (Å²) >= 11 is 1.94. The lowest BCUT2D eigenvalue weighted by Gasteiger charge is -2.24. The third-order valence-corrected chi connectivity index (χ3v) is 5.56. The number of rotatable bonds is 4. The van der Waals surface area contributed by atoms with Crippen LogP contribution >= 0.6 is 11.8 Å². The van der Waals surface area contributed by atoms with Gasteiger partial charge in [0.15, 0.2) is 6.10 Å². The zero-order valence-corrected chi connectivity index (χ0v) is 14.7. The maximum atomic E-state index is 12.7. The number of carbonyl (C=O) groups excluding carboxylic acids is 1. The van der Waals surface area contributed by atoms with Gasteiger partial charge in [-0.25, -0.2) is 0 Å². The van der Waals surface area contributed by atoms with Gasteiger partial charge in [-0.05, 0) is 31.0 Å². The van der Waals surface area contributed by atoms with Crippen molar-refractivity contribution in [3.8, 4) is 5.75 Å². The Morgan fingerprint density at radius 2 is 1.75 bits per heavy atom. The van der Waals surface area contributed by atoms with Gasteiger partial charge in [-0.15, -0.1) is 0 Å². The first kappa shape index (κ1) is 16.9. The van der Waals surface area contributed by atoms with Crippen LogP contribution in [0.3, 0.4) is 0 Å². The lowest BCUT2D eigenvalue weighted by atomic mass is 10.1. The van der Waals surface area contributed by atoms with E-state index in [1.165, 1.54) is 5.56 Å². The number of benzene rings is 2. The first-order valence-electron chi connectivity index (χ1n) is 8.41. The molecule has 4 heteroatoms. The highest BCUT2D eigenvalue weighted by Crippen LogP contribution is 2.34. The van der Waals surface area contributed by atoms with Crippen LogP contribution < -0.4 is 4.74 Å². The molecule has 0 saturated carbocycles. The number of nitrogens with zero attached hydrogens (tertiary/aromatic N) is 1. The first-order valence-corrected chi connectivity index (χ1v) is 9.46. The third-order valence-electron chi connectivity index (χ3n) is 4.23. The highest BCUT2D eigenvalue weighted by atomic mass is 32.2. The molecule has 0 spiro atoms. The van der Waals surface area contributed by atoms with Crippen LogP contribution in [-0.4, -0.2) is 35.8 Å². The normalized spacial score (nSPS) is 19.4. The van der Waals surface area contributed by atoms with Gasteiger partial charge in [0.2, 0.25) is 0 Å². The maximum Gasteiger partial charge on any atom is 0.263 e. The van der Waals surface area contributed by atoms with Crippen molar-refractivity contribution in [2.45, 2.75) is 24.7 Å². The number of amides is 1. The van der Waals surface area contributed by atoms with Crippen molar-refractivity contribution in [2.24, 2.45) is 0 Å². The van der Waals surface area contributed by atoms with E-state index in [2.05, 4.69) is 24.3 Å². The minimum Gasteiger partial charge on any atom is -0.481 e. The van der Waals surface area contributed by atoms with E-state index in [0.717, 1.165) is 31.0 Å². The van der Waals surface area contributed by atoms with E-state index >= 15 is 0 Å². The summed E-state index contributed by atoms with van der Waals surface area (Å²) < 4.78 is 5.78. The SMILES string of the molecule is CC(Oc1ccccc1)C(=O)N1CCSC(c2ccccc2)CC1. The van der Waals surface area contributed by atoms with Crippen LogP contribution in [0.25, 0.3) is 0 Å². The summed E-state index contributed by atoms with van der Waals surface area (Å²) in [5, 5.41) is 0.467. The number of ether oxygens (including phenoxy) is 1. The average molecular weight is 341 g/mol. The summed E-state index contributed by atoms with van der Waals surface area (Å²) in [4.78, 5) is 14.6. The standard InChI is InChI=1S/C20H23NO2S/c1-16(23-18-10-6-3-7-11-18)20(22)21-13-12-19(24-15-14-21)17-8-4-2-5-9-17/h2-11,16,19H,12-15H2,1H3. The predicted octanol–water partition coefficient (Wildman–Crippen LogP) is 4.16. The molecule has 2 atom stereocenters. The molecular weight excluding hydrogens is 318 g/mol. The molecule has 0 aromatic heterocycles. The topological polar surface area (TPSA) is 29.5 Å². The van der Waals surface area contributed by atoms with Crippen LogP contribution in [0.4, 0.5) is 0 Å². The number of thioether (sulfide) groups is 1. The average Bonchev–Trinajstić information content (AvgIpc) is 2.89. The zero-order chi connectivity index (χ0) is 16.8. The minimum atomic E-state index is -0.453. The summed E-state index contributed by atoms with van der Waals surface area (Å²) in [6.45, 7) is 3.41. The van der Waals surface area contributed by atoms with Gasteiger partial charge in [-0.1, -0.05) is 48.5 Å². The molecule has 1 heterocycles. The van der Waals surface area contributed by atoms with E-state index < -0.39 is 6.10 Å². The molecule has 2 aromatic carbocycles. The molecule has 2 aromatic rings. The van der Waals surface area contributed by atoms with Gasteiger partial charge in [0.05, 0.1) is 0 Å². The van der Waals surface area contributed by atoms with Gasteiger partial charge < -0.3 is 9.64 Å². The van der Waals surface area contributed by atoms with Gasteiger partial charge in [0.25, 0.3) is 5.91 Å². The van der Waals surface area contributed by atoms with E-state index in [1.807, 2.05) is 60.0 Å². The van der Waals surface area contributed by atoms with Crippen molar-refractivity contribution in [1.29, 1.82) is 0 Å². The molecule has 0 N–H and O–H groups in total. The molecule has 126 valence electrons. The van der Waals surface area contributed by atoms with Crippen LogP contribution in [0.2, 0.25) is 0 Å². The quantitative estimate of drug-likeness (QED) is 0.836. The lowest BCUT2D eigenvalue weighted by Crippen LogP contribution is -2.41. The summed E-state index contributed by atoms with van der Waals surface area (Å²) in [6, 6.07) is 20.1. The van der Waals surface area contributed by atoms with E-state index in [0.29, 0.717) is 5.25 Å². The van der Waals surface area contributed by atoms with E-state index in [9.17, 15) is 4.79 Å². The molecule has 24 heavy (non-hydrogen) atoms. The van der Waals surface area contributed by atoms with Crippen molar-refractivity contribution in [3.05, 3.63) is 66.2 Å². The predicted molar refractivity (Wildman–Crippen MR) is 99.4 cm³/mol. The summed E-state index contributed by atoms with van der Waals surface area (Å²) in [5.41, 5.74) is 1.35. The summed E-state index contributed by atoms with van der Waals surface area (Å²) in [6.07, 6.45) is 0.532. The fourth-order valence-corrected chi connectivity index (χ4v) is 4.17. The fourth-order valence-electron chi connectivity index (χ4n) is 2.94. The Kier molecular flexibility index (Phi) is 5.81. The number of hydrogen-bond acceptors (Lipinski definition) is 3. The van der Waals surface area contributed by atoms with Gasteiger partial charge in [-0.2, -0.15) is 11.8 Å². The molecule has 3 nitrogen and oxygen atoms in total. The highest BCUT2D eigenvalue weighted by Gasteiger charge is 2.26. The van der Waals surface area contributed by atoms with Crippen molar-refractivity contribution >= 4 is 17.7 Å². The molecule has 1 fully saturated rings. The molecular formula is C20H23NO2S. The number of para-hydroxylation sites is 1. The van der Waals surface area contributed by atoms with E-state index in [-0.39, 0.29) is 5.91 Å². The van der Waals surface area contributed by atoms with Crippen LogP contribution in [0, 0.1) is 0 Å². The van der Waals surface area contributed by atoms with Gasteiger partial charge in [0.1, 0.15) is 5.75 Å². The van der Waals surface area contributed by atoms with Crippen LogP contribution in [0.1, 0.15) is 24.2 Å². The Balaban J connectivity index is 1.58. The Labute approximate surface area is 148 Å². The molecule has 1 saturated heterocycles. The molecule has 3 rings (SSSR count). The first-order chi connectivity index (χ1) is 11.7. The molecule has 1 aliphatic heterocycles. The molecule has 2 unspecified atom stereocenters. The summed E-state index contributed by atoms with van der Waals surface area (Å²) in [5.74, 6) is 1.78. The number of carbonyl (C=O) groups is 1. The molecule has 1 aliphatic rings. The Bertz CT molecular complexity index is 647. The number of hydrogen-bond donors (Lipinski definition) is 0.